The highest BCUT2D eigenvalue weighted by Crippen LogP contribution is 2.58. The molecule has 1 aliphatic carbocycles. The number of hydrogen-bond donors (Lipinski definition) is 3. The normalized spacial score (nSPS) is 23.0. The average molecular weight is 626 g/mol. The van der Waals surface area contributed by atoms with Gasteiger partial charge in [0.2, 0.25) is 0 Å². The summed E-state index contributed by atoms with van der Waals surface area (Å²) < 4.78 is 0. The van der Waals surface area contributed by atoms with Crippen LogP contribution in [0, 0.1) is 0 Å². The van der Waals surface area contributed by atoms with Crippen LogP contribution in [-0.4, -0.2) is 17.1 Å². The van der Waals surface area contributed by atoms with Gasteiger partial charge in [-0.1, -0.05) is 98.8 Å². The fourth-order valence-corrected chi connectivity index (χ4v) is 8.20. The zero-order valence-corrected chi connectivity index (χ0v) is 27.3. The summed E-state index contributed by atoms with van der Waals surface area (Å²) in [4.78, 5) is 7.35. The van der Waals surface area contributed by atoms with E-state index in [0.717, 1.165) is 29.9 Å². The zero-order chi connectivity index (χ0) is 32.2. The van der Waals surface area contributed by atoms with Gasteiger partial charge in [-0.05, 0) is 89.5 Å². The van der Waals surface area contributed by atoms with Gasteiger partial charge in [-0.3, -0.25) is 4.98 Å². The lowest BCUT2D eigenvalue weighted by molar-refractivity contribution is 0.450. The summed E-state index contributed by atoms with van der Waals surface area (Å²) in [7, 11) is 0. The number of pyridine rings is 1. The second kappa shape index (κ2) is 11.3. The number of rotatable bonds is 4. The Morgan fingerprint density at radius 1 is 0.812 bits per heavy atom. The first-order valence-electron chi connectivity index (χ1n) is 17.1. The van der Waals surface area contributed by atoms with E-state index in [1.165, 1.54) is 50.3 Å². The third-order valence-electron chi connectivity index (χ3n) is 10.5. The number of dihydropyridines is 2. The summed E-state index contributed by atoms with van der Waals surface area (Å²) >= 11 is 0. The highest BCUT2D eigenvalue weighted by molar-refractivity contribution is 6.13. The first kappa shape index (κ1) is 28.7. The molecule has 3 N–H and O–H groups in total. The van der Waals surface area contributed by atoms with Crippen molar-refractivity contribution >= 4 is 22.7 Å². The van der Waals surface area contributed by atoms with Gasteiger partial charge in [-0.2, -0.15) is 0 Å². The molecule has 5 heteroatoms. The van der Waals surface area contributed by atoms with Gasteiger partial charge in [0.25, 0.3) is 0 Å². The van der Waals surface area contributed by atoms with Crippen molar-refractivity contribution in [3.05, 3.63) is 174 Å². The van der Waals surface area contributed by atoms with Gasteiger partial charge < -0.3 is 20.9 Å². The number of aromatic nitrogens is 1. The van der Waals surface area contributed by atoms with Crippen molar-refractivity contribution in [1.82, 2.24) is 20.9 Å². The van der Waals surface area contributed by atoms with Gasteiger partial charge in [-0.15, -0.1) is 0 Å². The molecule has 1 aromatic heterocycles. The van der Waals surface area contributed by atoms with Gasteiger partial charge in [0.1, 0.15) is 0 Å². The first-order valence-corrected chi connectivity index (χ1v) is 17.1. The summed E-state index contributed by atoms with van der Waals surface area (Å²) in [5.41, 5.74) is 14.4. The summed E-state index contributed by atoms with van der Waals surface area (Å²) in [6, 6.07) is 31.6. The summed E-state index contributed by atoms with van der Waals surface area (Å²) in [6.45, 7) is 4.81. The molecule has 9 rings (SSSR count). The average Bonchev–Trinajstić information content (AvgIpc) is 3.29. The van der Waals surface area contributed by atoms with Crippen molar-refractivity contribution in [1.29, 1.82) is 0 Å². The molecule has 3 atom stereocenters. The fourth-order valence-electron chi connectivity index (χ4n) is 8.20. The van der Waals surface area contributed by atoms with Crippen LogP contribution in [0.1, 0.15) is 60.7 Å². The number of nitrogens with zero attached hydrogens (tertiary/aromatic N) is 2. The van der Waals surface area contributed by atoms with Crippen LogP contribution in [-0.2, 0) is 5.41 Å². The lowest BCUT2D eigenvalue weighted by Crippen LogP contribution is -2.47. The minimum Gasteiger partial charge on any atom is -0.386 e. The molecule has 0 spiro atoms. The van der Waals surface area contributed by atoms with E-state index < -0.39 is 0 Å². The predicted octanol–water partition coefficient (Wildman–Crippen LogP) is 8.60. The van der Waals surface area contributed by atoms with Crippen LogP contribution in [0.2, 0.25) is 0 Å². The summed E-state index contributed by atoms with van der Waals surface area (Å²) in [6.07, 6.45) is 21.5. The maximum atomic E-state index is 4.80. The molecule has 48 heavy (non-hydrogen) atoms. The van der Waals surface area contributed by atoms with Crippen molar-refractivity contribution in [2.75, 3.05) is 4.90 Å². The second-order valence-corrected chi connectivity index (χ2v) is 13.7. The smallest absolute Gasteiger partial charge is 0.0861 e. The Kier molecular flexibility index (Phi) is 6.75. The monoisotopic (exact) mass is 625 g/mol. The quantitative estimate of drug-likeness (QED) is 0.212. The highest BCUT2D eigenvalue weighted by atomic mass is 15.2. The number of allylic oxidation sites excluding steroid dienone is 5. The molecule has 3 aromatic carbocycles. The van der Waals surface area contributed by atoms with Crippen molar-refractivity contribution in [2.24, 2.45) is 0 Å². The van der Waals surface area contributed by atoms with Crippen molar-refractivity contribution in [3.8, 4) is 11.1 Å². The molecule has 0 radical (unpaired) electrons. The Labute approximate surface area is 282 Å². The van der Waals surface area contributed by atoms with Crippen LogP contribution in [0.15, 0.2) is 146 Å². The van der Waals surface area contributed by atoms with E-state index >= 15 is 0 Å². The molecule has 0 saturated carbocycles. The molecule has 4 aliphatic heterocycles. The number of para-hydroxylation sites is 1. The zero-order valence-electron chi connectivity index (χ0n) is 27.3. The molecule has 0 saturated heterocycles. The standard InChI is InChI=1S/C43H39N5/c1-43(2)34-25-28(35-16-7-10-22-44-35)20-21-33(34)42-41(43)32-15-4-3-13-30(32)31-14-5-6-19-40(31)48(42)29-26-38(36-17-8-11-23-45-36)47-39(27-29)37-18-9-12-24-46-37/h3-8,10-17,19-27,35,37,39,44,46-47H,9,18H2,1-2H3. The number of nitrogens with one attached hydrogen (secondary N) is 3. The second-order valence-electron chi connectivity index (χ2n) is 13.7. The number of benzene rings is 3. The van der Waals surface area contributed by atoms with E-state index in [0.29, 0.717) is 0 Å². The third kappa shape index (κ3) is 4.56. The third-order valence-corrected chi connectivity index (χ3v) is 10.5. The Morgan fingerprint density at radius 2 is 1.65 bits per heavy atom. The molecular formula is C43H39N5. The minimum atomic E-state index is -0.249. The Hall–Kier alpha value is -5.55. The molecule has 5 heterocycles. The molecule has 236 valence electrons. The Morgan fingerprint density at radius 3 is 2.44 bits per heavy atom. The Balaban J connectivity index is 1.30. The molecule has 5 nitrogen and oxygen atoms in total. The largest absolute Gasteiger partial charge is 0.386 e. The van der Waals surface area contributed by atoms with E-state index in [2.05, 4.69) is 156 Å². The van der Waals surface area contributed by atoms with Gasteiger partial charge in [0, 0.05) is 34.5 Å². The summed E-state index contributed by atoms with van der Waals surface area (Å²) in [5, 5.41) is 11.1. The molecule has 0 bridgehead atoms. The maximum Gasteiger partial charge on any atom is 0.0861 e. The maximum absolute atomic E-state index is 4.80. The van der Waals surface area contributed by atoms with E-state index in [9.17, 15) is 0 Å². The Bertz CT molecular complexity index is 2110. The van der Waals surface area contributed by atoms with Crippen LogP contribution in [0.3, 0.4) is 0 Å². The van der Waals surface area contributed by atoms with Crippen LogP contribution in [0.5, 0.6) is 0 Å². The molecule has 4 aromatic rings. The molecular weight excluding hydrogens is 587 g/mol. The fraction of sp³-hybridized carbons (Fsp3) is 0.186. The lowest BCUT2D eigenvalue weighted by atomic mass is 9.76. The van der Waals surface area contributed by atoms with Gasteiger partial charge >= 0.3 is 0 Å². The van der Waals surface area contributed by atoms with E-state index in [-0.39, 0.29) is 23.5 Å². The lowest BCUT2D eigenvalue weighted by Gasteiger charge is -2.37. The van der Waals surface area contributed by atoms with Crippen LogP contribution in [0.4, 0.5) is 5.69 Å². The SMILES string of the molecule is CC1(C)C2=C(c3ccc(C4C=CC=CN4)cc31)N(C1=CC(C3CCC=CN3)NC(c3ccccn3)=C1)c1ccccc1-c1ccccc12. The highest BCUT2D eigenvalue weighted by Gasteiger charge is 2.45. The number of hydrogen-bond acceptors (Lipinski definition) is 5. The number of anilines is 1. The van der Waals surface area contributed by atoms with Crippen LogP contribution in [0.25, 0.3) is 28.1 Å². The van der Waals surface area contributed by atoms with Crippen LogP contribution >= 0.6 is 0 Å². The first-order chi connectivity index (χ1) is 23.6. The van der Waals surface area contributed by atoms with Crippen LogP contribution < -0.4 is 20.9 Å². The minimum absolute atomic E-state index is 0.0716. The number of fused-ring (bicyclic) bond motifs is 6. The van der Waals surface area contributed by atoms with Crippen molar-refractivity contribution < 1.29 is 0 Å². The van der Waals surface area contributed by atoms with E-state index in [4.69, 9.17) is 4.98 Å². The molecule has 0 fully saturated rings. The summed E-state index contributed by atoms with van der Waals surface area (Å²) in [5.74, 6) is 0. The van der Waals surface area contributed by atoms with Gasteiger partial charge in [0.05, 0.1) is 34.9 Å². The van der Waals surface area contributed by atoms with Gasteiger partial charge in [0.15, 0.2) is 0 Å². The molecule has 5 aliphatic rings. The van der Waals surface area contributed by atoms with E-state index in [1.54, 1.807) is 0 Å². The topological polar surface area (TPSA) is 52.2 Å². The van der Waals surface area contributed by atoms with Crippen molar-refractivity contribution in [3.63, 3.8) is 0 Å². The van der Waals surface area contributed by atoms with Crippen molar-refractivity contribution in [2.45, 2.75) is 50.2 Å². The molecule has 0 amide bonds. The molecule has 3 unspecified atom stereocenters. The van der Waals surface area contributed by atoms with E-state index in [1.807, 2.05) is 18.5 Å². The van der Waals surface area contributed by atoms with Gasteiger partial charge in [-0.25, -0.2) is 0 Å². The predicted molar refractivity (Wildman–Crippen MR) is 197 cm³/mol.